The highest BCUT2D eigenvalue weighted by atomic mass is 16.4. The van der Waals surface area contributed by atoms with Gasteiger partial charge in [-0.15, -0.1) is 0 Å². The fourth-order valence-corrected chi connectivity index (χ4v) is 1.65. The first kappa shape index (κ1) is 12.8. The Kier molecular flexibility index (Phi) is 3.56. The van der Waals surface area contributed by atoms with Crippen LogP contribution in [-0.4, -0.2) is 22.0 Å². The first-order valence-electron chi connectivity index (χ1n) is 5.63. The quantitative estimate of drug-likeness (QED) is 0.883. The van der Waals surface area contributed by atoms with E-state index in [0.717, 1.165) is 5.56 Å². The van der Waals surface area contributed by atoms with E-state index < -0.39 is 5.97 Å². The van der Waals surface area contributed by atoms with Crippen molar-refractivity contribution in [1.82, 2.24) is 4.98 Å². The summed E-state index contributed by atoms with van der Waals surface area (Å²) < 4.78 is 0. The molecular formula is C14H12N2O3. The minimum atomic E-state index is -1.01. The summed E-state index contributed by atoms with van der Waals surface area (Å²) in [7, 11) is 0. The Morgan fingerprint density at radius 2 is 2.00 bits per heavy atom. The summed E-state index contributed by atoms with van der Waals surface area (Å²) in [6, 6.07) is 10.3. The van der Waals surface area contributed by atoms with Crippen LogP contribution in [0.2, 0.25) is 0 Å². The minimum Gasteiger partial charge on any atom is -0.478 e. The van der Waals surface area contributed by atoms with Crippen LogP contribution in [0.15, 0.2) is 42.6 Å². The molecule has 0 spiro atoms. The number of nitrogens with one attached hydrogen (secondary N) is 1. The van der Waals surface area contributed by atoms with Gasteiger partial charge in [0.15, 0.2) is 0 Å². The van der Waals surface area contributed by atoms with Gasteiger partial charge in [-0.05, 0) is 24.3 Å². The molecule has 0 radical (unpaired) electrons. The van der Waals surface area contributed by atoms with Gasteiger partial charge in [0.05, 0.1) is 11.3 Å². The summed E-state index contributed by atoms with van der Waals surface area (Å²) >= 11 is 0. The van der Waals surface area contributed by atoms with Crippen molar-refractivity contribution in [3.8, 4) is 11.3 Å². The molecule has 0 saturated carbocycles. The van der Waals surface area contributed by atoms with Crippen LogP contribution in [0.25, 0.3) is 11.3 Å². The van der Waals surface area contributed by atoms with Crippen LogP contribution < -0.4 is 5.32 Å². The van der Waals surface area contributed by atoms with Gasteiger partial charge in [0, 0.05) is 24.4 Å². The van der Waals surface area contributed by atoms with Gasteiger partial charge in [0.1, 0.15) is 0 Å². The van der Waals surface area contributed by atoms with E-state index in [9.17, 15) is 9.59 Å². The number of aromatic nitrogens is 1. The number of carbonyl (C=O) groups is 2. The number of nitrogens with zero attached hydrogens (tertiary/aromatic N) is 1. The summed E-state index contributed by atoms with van der Waals surface area (Å²) in [5.41, 5.74) is 2.27. The molecule has 5 nitrogen and oxygen atoms in total. The molecule has 2 aromatic rings. The normalized spacial score (nSPS) is 9.95. The van der Waals surface area contributed by atoms with E-state index in [4.69, 9.17) is 5.11 Å². The van der Waals surface area contributed by atoms with Crippen molar-refractivity contribution in [2.24, 2.45) is 0 Å². The van der Waals surface area contributed by atoms with E-state index in [-0.39, 0.29) is 11.5 Å². The lowest BCUT2D eigenvalue weighted by Gasteiger charge is -2.05. The number of aromatic carboxylic acids is 1. The van der Waals surface area contributed by atoms with Gasteiger partial charge in [-0.2, -0.15) is 0 Å². The van der Waals surface area contributed by atoms with Crippen LogP contribution in [0.5, 0.6) is 0 Å². The third-order valence-electron chi connectivity index (χ3n) is 2.49. The smallest absolute Gasteiger partial charge is 0.337 e. The van der Waals surface area contributed by atoms with Gasteiger partial charge in [0.25, 0.3) is 0 Å². The first-order chi connectivity index (χ1) is 9.06. The van der Waals surface area contributed by atoms with Crippen molar-refractivity contribution in [3.63, 3.8) is 0 Å². The highest BCUT2D eigenvalue weighted by molar-refractivity contribution is 5.90. The zero-order valence-corrected chi connectivity index (χ0v) is 10.3. The molecule has 0 aliphatic rings. The molecule has 1 aromatic heterocycles. The largest absolute Gasteiger partial charge is 0.478 e. The molecule has 0 saturated heterocycles. The molecule has 1 amide bonds. The molecule has 1 heterocycles. The predicted octanol–water partition coefficient (Wildman–Crippen LogP) is 2.41. The summed E-state index contributed by atoms with van der Waals surface area (Å²) in [5, 5.41) is 11.5. The Morgan fingerprint density at radius 3 is 2.58 bits per heavy atom. The second-order valence-electron chi connectivity index (χ2n) is 4.00. The Balaban J connectivity index is 2.30. The predicted molar refractivity (Wildman–Crippen MR) is 70.9 cm³/mol. The summed E-state index contributed by atoms with van der Waals surface area (Å²) in [5.74, 6) is -1.16. The maximum Gasteiger partial charge on any atom is 0.337 e. The van der Waals surface area contributed by atoms with Gasteiger partial charge >= 0.3 is 5.97 Å². The molecule has 96 valence electrons. The Labute approximate surface area is 109 Å². The summed E-state index contributed by atoms with van der Waals surface area (Å²) in [6.07, 6.45) is 1.31. The molecular weight excluding hydrogens is 244 g/mol. The van der Waals surface area contributed by atoms with E-state index in [1.807, 2.05) is 6.07 Å². The van der Waals surface area contributed by atoms with Crippen molar-refractivity contribution in [2.75, 3.05) is 5.32 Å². The number of carbonyl (C=O) groups excluding carboxylic acids is 1. The average Bonchev–Trinajstić information content (AvgIpc) is 2.38. The third kappa shape index (κ3) is 3.16. The van der Waals surface area contributed by atoms with E-state index in [2.05, 4.69) is 10.3 Å². The number of anilines is 1. The lowest BCUT2D eigenvalue weighted by atomic mass is 10.1. The second kappa shape index (κ2) is 5.30. The standard InChI is InChI=1S/C14H12N2O3/c1-9(17)16-12-4-2-3-10(7-12)13-6-5-11(8-15-13)14(18)19/h2-8H,1H3,(H,16,17)(H,18,19). The number of carboxylic acids is 1. The second-order valence-corrected chi connectivity index (χ2v) is 4.00. The summed E-state index contributed by atoms with van der Waals surface area (Å²) in [6.45, 7) is 1.44. The number of rotatable bonds is 3. The molecule has 0 fully saturated rings. The van der Waals surface area contributed by atoms with Crippen molar-refractivity contribution in [2.45, 2.75) is 6.92 Å². The van der Waals surface area contributed by atoms with Crippen LogP contribution in [0, 0.1) is 0 Å². The average molecular weight is 256 g/mol. The van der Waals surface area contributed by atoms with Gasteiger partial charge in [-0.1, -0.05) is 12.1 Å². The molecule has 0 bridgehead atoms. The van der Waals surface area contributed by atoms with E-state index in [1.54, 1.807) is 24.3 Å². The summed E-state index contributed by atoms with van der Waals surface area (Å²) in [4.78, 5) is 25.8. The van der Waals surface area contributed by atoms with Crippen molar-refractivity contribution >= 4 is 17.6 Å². The van der Waals surface area contributed by atoms with Crippen LogP contribution in [-0.2, 0) is 4.79 Å². The molecule has 0 unspecified atom stereocenters. The fraction of sp³-hybridized carbons (Fsp3) is 0.0714. The molecule has 5 heteroatoms. The van der Waals surface area contributed by atoms with E-state index >= 15 is 0 Å². The lowest BCUT2D eigenvalue weighted by molar-refractivity contribution is -0.114. The number of benzene rings is 1. The molecule has 1 aromatic carbocycles. The maximum atomic E-state index is 11.0. The minimum absolute atomic E-state index is 0.141. The van der Waals surface area contributed by atoms with Gasteiger partial charge in [-0.25, -0.2) is 4.79 Å². The van der Waals surface area contributed by atoms with Crippen molar-refractivity contribution in [3.05, 3.63) is 48.2 Å². The number of carboxylic acid groups (broad SMARTS) is 1. The molecule has 2 N–H and O–H groups in total. The third-order valence-corrected chi connectivity index (χ3v) is 2.49. The highest BCUT2D eigenvalue weighted by Gasteiger charge is 2.05. The van der Waals surface area contributed by atoms with Gasteiger partial charge < -0.3 is 10.4 Å². The van der Waals surface area contributed by atoms with Crippen LogP contribution in [0.1, 0.15) is 17.3 Å². The van der Waals surface area contributed by atoms with Crippen LogP contribution >= 0.6 is 0 Å². The SMILES string of the molecule is CC(=O)Nc1cccc(-c2ccc(C(=O)O)cn2)c1. The topological polar surface area (TPSA) is 79.3 Å². The van der Waals surface area contributed by atoms with E-state index in [1.165, 1.54) is 19.2 Å². The molecule has 0 aliphatic heterocycles. The van der Waals surface area contributed by atoms with Crippen LogP contribution in [0.4, 0.5) is 5.69 Å². The Hall–Kier alpha value is -2.69. The van der Waals surface area contributed by atoms with Crippen LogP contribution in [0.3, 0.4) is 0 Å². The molecule has 0 aliphatic carbocycles. The molecule has 0 atom stereocenters. The van der Waals surface area contributed by atoms with Crippen molar-refractivity contribution < 1.29 is 14.7 Å². The number of pyridine rings is 1. The van der Waals surface area contributed by atoms with E-state index in [0.29, 0.717) is 11.4 Å². The molecule has 19 heavy (non-hydrogen) atoms. The van der Waals surface area contributed by atoms with Gasteiger partial charge in [-0.3, -0.25) is 9.78 Å². The maximum absolute atomic E-state index is 11.0. The highest BCUT2D eigenvalue weighted by Crippen LogP contribution is 2.21. The Morgan fingerprint density at radius 1 is 1.21 bits per heavy atom. The molecule has 2 rings (SSSR count). The fourth-order valence-electron chi connectivity index (χ4n) is 1.65. The number of amides is 1. The zero-order valence-electron chi connectivity index (χ0n) is 10.3. The number of hydrogen-bond donors (Lipinski definition) is 2. The Bertz CT molecular complexity index is 621. The zero-order chi connectivity index (χ0) is 13.8. The van der Waals surface area contributed by atoms with Gasteiger partial charge in [0.2, 0.25) is 5.91 Å². The first-order valence-corrected chi connectivity index (χ1v) is 5.63. The lowest BCUT2D eigenvalue weighted by Crippen LogP contribution is -2.05. The monoisotopic (exact) mass is 256 g/mol. The number of hydrogen-bond acceptors (Lipinski definition) is 3. The van der Waals surface area contributed by atoms with Crippen molar-refractivity contribution in [1.29, 1.82) is 0 Å².